The van der Waals surface area contributed by atoms with Crippen LogP contribution < -0.4 is 15.0 Å². The molecule has 3 aromatic rings. The molecule has 0 saturated carbocycles. The zero-order valence-corrected chi connectivity index (χ0v) is 18.0. The van der Waals surface area contributed by atoms with Crippen LogP contribution in [0.3, 0.4) is 0 Å². The molecule has 0 aliphatic carbocycles. The molecular formula is C23H24ClN3O3. The minimum Gasteiger partial charge on any atom is -0.496 e. The van der Waals surface area contributed by atoms with Crippen molar-refractivity contribution in [1.29, 1.82) is 0 Å². The van der Waals surface area contributed by atoms with E-state index in [0.717, 1.165) is 46.0 Å². The standard InChI is InChI=1S/C23H24ClN3O3/c1-14-20(29-2)9-6-16(21(14)30-3)12-27-11-10-18-19(13-27)25-22(26-23(18)28)15-4-7-17(24)8-5-15/h4-9H,10-13H2,1-3H3,(H,25,26,28). The Balaban J connectivity index is 1.61. The fourth-order valence-corrected chi connectivity index (χ4v) is 4.10. The average Bonchev–Trinajstić information content (AvgIpc) is 2.74. The molecule has 0 saturated heterocycles. The molecule has 30 heavy (non-hydrogen) atoms. The van der Waals surface area contributed by atoms with E-state index in [0.29, 0.717) is 30.4 Å². The Morgan fingerprint density at radius 1 is 1.13 bits per heavy atom. The van der Waals surface area contributed by atoms with Gasteiger partial charge in [0.2, 0.25) is 0 Å². The Morgan fingerprint density at radius 2 is 1.90 bits per heavy atom. The van der Waals surface area contributed by atoms with Crippen molar-refractivity contribution in [2.75, 3.05) is 20.8 Å². The summed E-state index contributed by atoms with van der Waals surface area (Å²) in [5.74, 6) is 2.21. The third kappa shape index (κ3) is 3.93. The van der Waals surface area contributed by atoms with E-state index < -0.39 is 0 Å². The van der Waals surface area contributed by atoms with Gasteiger partial charge in [-0.05, 0) is 43.7 Å². The highest BCUT2D eigenvalue weighted by atomic mass is 35.5. The zero-order valence-electron chi connectivity index (χ0n) is 17.3. The smallest absolute Gasteiger partial charge is 0.254 e. The molecule has 0 atom stereocenters. The molecule has 4 rings (SSSR count). The van der Waals surface area contributed by atoms with E-state index in [1.54, 1.807) is 26.4 Å². The molecule has 1 aliphatic heterocycles. The summed E-state index contributed by atoms with van der Waals surface area (Å²) in [7, 11) is 3.33. The van der Waals surface area contributed by atoms with Crippen LogP contribution in [-0.4, -0.2) is 35.6 Å². The summed E-state index contributed by atoms with van der Waals surface area (Å²) in [6.45, 7) is 4.09. The van der Waals surface area contributed by atoms with E-state index in [1.165, 1.54) is 0 Å². The largest absolute Gasteiger partial charge is 0.496 e. The summed E-state index contributed by atoms with van der Waals surface area (Å²) in [5, 5.41) is 0.647. The van der Waals surface area contributed by atoms with Crippen molar-refractivity contribution >= 4 is 11.6 Å². The number of ether oxygens (including phenoxy) is 2. The van der Waals surface area contributed by atoms with Gasteiger partial charge in [-0.15, -0.1) is 0 Å². The number of nitrogens with zero attached hydrogens (tertiary/aromatic N) is 2. The number of nitrogens with one attached hydrogen (secondary N) is 1. The molecule has 0 bridgehead atoms. The maximum absolute atomic E-state index is 12.6. The lowest BCUT2D eigenvalue weighted by atomic mass is 10.0. The van der Waals surface area contributed by atoms with Gasteiger partial charge in [-0.2, -0.15) is 0 Å². The van der Waals surface area contributed by atoms with E-state index in [2.05, 4.69) is 9.88 Å². The Bertz CT molecular complexity index is 1130. The predicted octanol–water partition coefficient (Wildman–Crippen LogP) is 3.97. The number of halogens is 1. The number of rotatable bonds is 5. The summed E-state index contributed by atoms with van der Waals surface area (Å²) < 4.78 is 11.1. The average molecular weight is 426 g/mol. The lowest BCUT2D eigenvalue weighted by molar-refractivity contribution is 0.236. The van der Waals surface area contributed by atoms with Gasteiger partial charge in [0.05, 0.1) is 19.9 Å². The van der Waals surface area contributed by atoms with Gasteiger partial charge in [-0.3, -0.25) is 9.69 Å². The van der Waals surface area contributed by atoms with Crippen molar-refractivity contribution in [3.63, 3.8) is 0 Å². The third-order valence-corrected chi connectivity index (χ3v) is 5.78. The topological polar surface area (TPSA) is 67.5 Å². The first-order valence-corrected chi connectivity index (χ1v) is 10.2. The van der Waals surface area contributed by atoms with Crippen LogP contribution in [0.15, 0.2) is 41.2 Å². The van der Waals surface area contributed by atoms with Gasteiger partial charge >= 0.3 is 0 Å². The van der Waals surface area contributed by atoms with Crippen LogP contribution in [-0.2, 0) is 19.5 Å². The summed E-state index contributed by atoms with van der Waals surface area (Å²) in [6, 6.07) is 11.3. The van der Waals surface area contributed by atoms with Crippen molar-refractivity contribution in [2.45, 2.75) is 26.4 Å². The zero-order chi connectivity index (χ0) is 21.3. The second-order valence-corrected chi connectivity index (χ2v) is 7.83. The summed E-state index contributed by atoms with van der Waals surface area (Å²) in [5.41, 5.74) is 4.42. The minimum atomic E-state index is -0.0672. The molecule has 0 spiro atoms. The first-order chi connectivity index (χ1) is 14.5. The predicted molar refractivity (Wildman–Crippen MR) is 117 cm³/mol. The van der Waals surface area contributed by atoms with Crippen molar-refractivity contribution in [3.8, 4) is 22.9 Å². The Morgan fingerprint density at radius 3 is 2.60 bits per heavy atom. The molecular weight excluding hydrogens is 402 g/mol. The fraction of sp³-hybridized carbons (Fsp3) is 0.304. The highest BCUT2D eigenvalue weighted by molar-refractivity contribution is 6.30. The van der Waals surface area contributed by atoms with E-state index in [9.17, 15) is 4.79 Å². The van der Waals surface area contributed by atoms with Gasteiger partial charge in [-0.1, -0.05) is 17.7 Å². The maximum atomic E-state index is 12.6. The number of H-pyrrole nitrogens is 1. The second kappa shape index (κ2) is 8.50. The van der Waals surface area contributed by atoms with Gasteiger partial charge in [0.15, 0.2) is 0 Å². The first kappa shape index (κ1) is 20.4. The number of fused-ring (bicyclic) bond motifs is 1. The van der Waals surface area contributed by atoms with Gasteiger partial charge in [-0.25, -0.2) is 4.98 Å². The van der Waals surface area contributed by atoms with Crippen LogP contribution in [0.25, 0.3) is 11.4 Å². The van der Waals surface area contributed by atoms with Gasteiger partial charge in [0, 0.05) is 46.9 Å². The molecule has 0 radical (unpaired) electrons. The highest BCUT2D eigenvalue weighted by Gasteiger charge is 2.23. The van der Waals surface area contributed by atoms with Gasteiger partial charge in [0.1, 0.15) is 17.3 Å². The summed E-state index contributed by atoms with van der Waals surface area (Å²) in [6.07, 6.45) is 0.663. The van der Waals surface area contributed by atoms with Crippen molar-refractivity contribution in [1.82, 2.24) is 14.9 Å². The normalized spacial score (nSPS) is 13.7. The number of aromatic nitrogens is 2. The van der Waals surface area contributed by atoms with Crippen LogP contribution in [0, 0.1) is 6.92 Å². The van der Waals surface area contributed by atoms with Gasteiger partial charge < -0.3 is 14.5 Å². The van der Waals surface area contributed by atoms with Crippen molar-refractivity contribution in [3.05, 3.63) is 74.2 Å². The molecule has 0 amide bonds. The first-order valence-electron chi connectivity index (χ1n) is 9.81. The van der Waals surface area contributed by atoms with Crippen LogP contribution in [0.2, 0.25) is 5.02 Å². The highest BCUT2D eigenvalue weighted by Crippen LogP contribution is 2.32. The van der Waals surface area contributed by atoms with Crippen molar-refractivity contribution < 1.29 is 9.47 Å². The Kier molecular flexibility index (Phi) is 5.79. The Hall–Kier alpha value is -2.83. The number of hydrogen-bond acceptors (Lipinski definition) is 5. The number of methoxy groups -OCH3 is 2. The second-order valence-electron chi connectivity index (χ2n) is 7.39. The van der Waals surface area contributed by atoms with E-state index in [4.69, 9.17) is 26.1 Å². The van der Waals surface area contributed by atoms with Crippen LogP contribution in [0.5, 0.6) is 11.5 Å². The molecule has 2 aromatic carbocycles. The molecule has 0 fully saturated rings. The molecule has 0 unspecified atom stereocenters. The monoisotopic (exact) mass is 425 g/mol. The van der Waals surface area contributed by atoms with Crippen LogP contribution in [0.4, 0.5) is 0 Å². The molecule has 1 N–H and O–H groups in total. The molecule has 156 valence electrons. The molecule has 1 aromatic heterocycles. The molecule has 6 nitrogen and oxygen atoms in total. The third-order valence-electron chi connectivity index (χ3n) is 5.53. The van der Waals surface area contributed by atoms with E-state index in [1.807, 2.05) is 31.2 Å². The summed E-state index contributed by atoms with van der Waals surface area (Å²) >= 11 is 5.98. The van der Waals surface area contributed by atoms with E-state index >= 15 is 0 Å². The Labute approximate surface area is 180 Å². The number of aromatic amines is 1. The SMILES string of the molecule is COc1ccc(CN2CCc3c(nc(-c4ccc(Cl)cc4)[nH]c3=O)C2)c(OC)c1C. The van der Waals surface area contributed by atoms with E-state index in [-0.39, 0.29) is 5.56 Å². The lowest BCUT2D eigenvalue weighted by Crippen LogP contribution is -2.35. The maximum Gasteiger partial charge on any atom is 0.254 e. The lowest BCUT2D eigenvalue weighted by Gasteiger charge is -2.28. The quantitative estimate of drug-likeness (QED) is 0.669. The molecule has 7 heteroatoms. The number of benzene rings is 2. The fourth-order valence-electron chi connectivity index (χ4n) is 3.97. The molecule has 2 heterocycles. The minimum absolute atomic E-state index is 0.0672. The summed E-state index contributed by atoms with van der Waals surface area (Å²) in [4.78, 5) is 22.6. The van der Waals surface area contributed by atoms with Crippen LogP contribution >= 0.6 is 11.6 Å². The molecule has 1 aliphatic rings. The number of hydrogen-bond donors (Lipinski definition) is 1. The van der Waals surface area contributed by atoms with Gasteiger partial charge in [0.25, 0.3) is 5.56 Å². The van der Waals surface area contributed by atoms with Crippen molar-refractivity contribution in [2.24, 2.45) is 0 Å². The van der Waals surface area contributed by atoms with Crippen LogP contribution in [0.1, 0.15) is 22.4 Å².